The van der Waals surface area contributed by atoms with Gasteiger partial charge in [-0.25, -0.2) is 0 Å². The molecule has 11 rings (SSSR count). The monoisotopic (exact) mass is 758 g/mol. The number of para-hydroxylation sites is 5. The fourth-order valence-corrected chi connectivity index (χ4v) is 10.6. The Balaban J connectivity index is 1.43. The van der Waals surface area contributed by atoms with Crippen LogP contribution in [0.3, 0.4) is 0 Å². The molecule has 0 unspecified atom stereocenters. The van der Waals surface area contributed by atoms with Crippen molar-refractivity contribution in [3.8, 4) is 35.3 Å². The number of hydrogen-bond donors (Lipinski definition) is 0. The molecule has 0 atom stereocenters. The molecule has 11 aromatic rings. The highest BCUT2D eigenvalue weighted by molar-refractivity contribution is 7.20. The number of thiophene rings is 1. The number of allylic oxidation sites excluding steroid dienone is 1. The van der Waals surface area contributed by atoms with Gasteiger partial charge in [0.05, 0.1) is 50.2 Å². The molecule has 0 amide bonds. The van der Waals surface area contributed by atoms with Crippen molar-refractivity contribution in [2.45, 2.75) is 13.8 Å². The first-order chi connectivity index (χ1) is 28.6. The standard InChI is InChI=1S/C51H30N6S/c1-3-14-31-30(2)58-51-36(31)25-26-46-47(51)37-19-8-13-24-45(37)57(46)50-39(28-53)48(55-41-20-9-4-15-32(41)33-16-5-10-21-42(33)55)38(27-52)49(40(50)29-54)56-43-22-11-6-17-34(43)35-18-7-12-23-44(35)56/h3-26H,1-2H3/b14-3-. The highest BCUT2D eigenvalue weighted by Crippen LogP contribution is 2.47. The Kier molecular flexibility index (Phi) is 7.25. The summed E-state index contributed by atoms with van der Waals surface area (Å²) in [5.41, 5.74) is 8.38. The van der Waals surface area contributed by atoms with Crippen LogP contribution in [0.4, 0.5) is 0 Å². The lowest BCUT2D eigenvalue weighted by atomic mass is 9.96. The van der Waals surface area contributed by atoms with Crippen molar-refractivity contribution >= 4 is 92.9 Å². The van der Waals surface area contributed by atoms with Crippen LogP contribution in [-0.2, 0) is 0 Å². The van der Waals surface area contributed by atoms with Crippen LogP contribution in [0.5, 0.6) is 0 Å². The molecule has 0 fully saturated rings. The maximum absolute atomic E-state index is 11.7. The fourth-order valence-electron chi connectivity index (χ4n) is 9.39. The van der Waals surface area contributed by atoms with E-state index in [0.717, 1.165) is 75.5 Å². The van der Waals surface area contributed by atoms with Crippen LogP contribution in [0.2, 0.25) is 0 Å². The van der Waals surface area contributed by atoms with E-state index in [4.69, 9.17) is 0 Å². The molecular formula is C51H30N6S. The Morgan fingerprint density at radius 3 is 1.21 bits per heavy atom. The largest absolute Gasteiger partial charge is 0.306 e. The van der Waals surface area contributed by atoms with Gasteiger partial charge in [0.1, 0.15) is 34.9 Å². The van der Waals surface area contributed by atoms with Gasteiger partial charge in [0.25, 0.3) is 0 Å². The molecule has 6 nitrogen and oxygen atoms in total. The zero-order chi connectivity index (χ0) is 39.2. The molecule has 0 spiro atoms. The van der Waals surface area contributed by atoms with Gasteiger partial charge in [0, 0.05) is 47.3 Å². The van der Waals surface area contributed by atoms with Crippen LogP contribution in [0.25, 0.3) is 98.6 Å². The fraction of sp³-hybridized carbons (Fsp3) is 0.0392. The predicted octanol–water partition coefficient (Wildman–Crippen LogP) is 13.1. The second-order valence-electron chi connectivity index (χ2n) is 14.5. The molecule has 4 aromatic heterocycles. The lowest BCUT2D eigenvalue weighted by molar-refractivity contribution is 1.06. The van der Waals surface area contributed by atoms with Crippen LogP contribution in [0.15, 0.2) is 140 Å². The lowest BCUT2D eigenvalue weighted by Crippen LogP contribution is -2.14. The molecule has 0 bridgehead atoms. The summed E-state index contributed by atoms with van der Waals surface area (Å²) in [6.45, 7) is 4.19. The Labute approximate surface area is 336 Å². The van der Waals surface area contributed by atoms with Gasteiger partial charge in [0.2, 0.25) is 0 Å². The zero-order valence-corrected chi connectivity index (χ0v) is 32.3. The Morgan fingerprint density at radius 2 is 0.810 bits per heavy atom. The molecular weight excluding hydrogens is 729 g/mol. The summed E-state index contributed by atoms with van der Waals surface area (Å²) in [6.07, 6.45) is 4.24. The van der Waals surface area contributed by atoms with Crippen molar-refractivity contribution in [2.24, 2.45) is 0 Å². The van der Waals surface area contributed by atoms with E-state index in [1.54, 1.807) is 11.3 Å². The molecule has 7 aromatic carbocycles. The smallest absolute Gasteiger partial charge is 0.104 e. The Bertz CT molecular complexity index is 3490. The molecule has 0 aliphatic carbocycles. The van der Waals surface area contributed by atoms with Crippen LogP contribution >= 0.6 is 11.3 Å². The highest BCUT2D eigenvalue weighted by Gasteiger charge is 2.32. The second kappa shape index (κ2) is 12.6. The van der Waals surface area contributed by atoms with Crippen molar-refractivity contribution in [3.63, 3.8) is 0 Å². The Hall–Kier alpha value is -7.89. The summed E-state index contributed by atoms with van der Waals surface area (Å²) >= 11 is 1.76. The molecule has 0 saturated carbocycles. The first-order valence-corrected chi connectivity index (χ1v) is 19.9. The van der Waals surface area contributed by atoms with Gasteiger partial charge in [-0.05, 0) is 55.8 Å². The number of aryl methyl sites for hydroxylation is 1. The first-order valence-electron chi connectivity index (χ1n) is 19.1. The van der Waals surface area contributed by atoms with Crippen LogP contribution in [0, 0.1) is 40.9 Å². The number of nitriles is 3. The van der Waals surface area contributed by atoms with Crippen LogP contribution in [0.1, 0.15) is 34.1 Å². The summed E-state index contributed by atoms with van der Waals surface area (Å²) in [5, 5.41) is 42.1. The molecule has 0 N–H and O–H groups in total. The van der Waals surface area contributed by atoms with E-state index in [2.05, 4.69) is 99.5 Å². The summed E-state index contributed by atoms with van der Waals surface area (Å²) in [7, 11) is 0. The number of fused-ring (bicyclic) bond motifs is 11. The topological polar surface area (TPSA) is 86.2 Å². The van der Waals surface area contributed by atoms with Gasteiger partial charge < -0.3 is 13.7 Å². The van der Waals surface area contributed by atoms with Crippen molar-refractivity contribution in [1.82, 2.24) is 13.7 Å². The molecule has 0 aliphatic rings. The van der Waals surface area contributed by atoms with Gasteiger partial charge in [-0.3, -0.25) is 0 Å². The number of benzene rings is 7. The molecule has 0 aliphatic heterocycles. The third-order valence-electron chi connectivity index (χ3n) is 11.6. The van der Waals surface area contributed by atoms with Crippen molar-refractivity contribution in [2.75, 3.05) is 0 Å². The average molecular weight is 759 g/mol. The second-order valence-corrected chi connectivity index (χ2v) is 15.7. The van der Waals surface area contributed by atoms with Crippen molar-refractivity contribution < 1.29 is 0 Å². The number of aromatic nitrogens is 3. The first kappa shape index (κ1) is 33.4. The van der Waals surface area contributed by atoms with Gasteiger partial charge in [-0.2, -0.15) is 15.8 Å². The van der Waals surface area contributed by atoms with E-state index in [1.807, 2.05) is 91.9 Å². The third kappa shape index (κ3) is 4.33. The van der Waals surface area contributed by atoms with Crippen LogP contribution in [-0.4, -0.2) is 13.7 Å². The molecule has 0 radical (unpaired) electrons. The van der Waals surface area contributed by atoms with Gasteiger partial charge in [-0.1, -0.05) is 109 Å². The molecule has 58 heavy (non-hydrogen) atoms. The summed E-state index contributed by atoms with van der Waals surface area (Å²) in [4.78, 5) is 1.22. The van der Waals surface area contributed by atoms with Gasteiger partial charge in [0.15, 0.2) is 0 Å². The molecule has 4 heterocycles. The van der Waals surface area contributed by atoms with E-state index >= 15 is 0 Å². The summed E-state index contributed by atoms with van der Waals surface area (Å²) in [6, 6.07) is 52.7. The maximum atomic E-state index is 11.7. The lowest BCUT2D eigenvalue weighted by Gasteiger charge is -2.23. The van der Waals surface area contributed by atoms with Gasteiger partial charge >= 0.3 is 0 Å². The predicted molar refractivity (Wildman–Crippen MR) is 238 cm³/mol. The third-order valence-corrected chi connectivity index (χ3v) is 12.8. The quantitative estimate of drug-likeness (QED) is 0.179. The summed E-state index contributed by atoms with van der Waals surface area (Å²) in [5.74, 6) is 0. The minimum absolute atomic E-state index is 0.239. The molecule has 270 valence electrons. The summed E-state index contributed by atoms with van der Waals surface area (Å²) < 4.78 is 7.36. The SMILES string of the molecule is C/C=C\c1c(C)sc2c1ccc1c2c2ccccc2n1-c1c(C#N)c(-n2c3ccccc3c3ccccc32)c(C#N)c(-n2c3ccccc3c3ccccc32)c1C#N. The van der Waals surface area contributed by atoms with Crippen LogP contribution < -0.4 is 0 Å². The van der Waals surface area contributed by atoms with E-state index < -0.39 is 0 Å². The Morgan fingerprint density at radius 1 is 0.448 bits per heavy atom. The highest BCUT2D eigenvalue weighted by atomic mass is 32.1. The average Bonchev–Trinajstić information content (AvgIpc) is 3.99. The minimum Gasteiger partial charge on any atom is -0.306 e. The van der Waals surface area contributed by atoms with E-state index in [1.165, 1.54) is 10.4 Å². The molecule has 7 heteroatoms. The van der Waals surface area contributed by atoms with Gasteiger partial charge in [-0.15, -0.1) is 11.3 Å². The minimum atomic E-state index is 0.239. The van der Waals surface area contributed by atoms with Crippen molar-refractivity contribution in [1.29, 1.82) is 15.8 Å². The van der Waals surface area contributed by atoms with E-state index in [-0.39, 0.29) is 16.7 Å². The maximum Gasteiger partial charge on any atom is 0.104 e. The van der Waals surface area contributed by atoms with Crippen molar-refractivity contribution in [3.05, 3.63) is 167 Å². The zero-order valence-electron chi connectivity index (χ0n) is 31.4. The number of nitrogens with zero attached hydrogens (tertiary/aromatic N) is 6. The number of rotatable bonds is 4. The normalized spacial score (nSPS) is 11.8. The van der Waals surface area contributed by atoms with E-state index in [0.29, 0.717) is 17.1 Å². The number of hydrogen-bond acceptors (Lipinski definition) is 4. The van der Waals surface area contributed by atoms with E-state index in [9.17, 15) is 15.8 Å². The molecule has 0 saturated heterocycles.